The Balaban J connectivity index is 2.24. The van der Waals surface area contributed by atoms with Gasteiger partial charge in [0.05, 0.1) is 9.40 Å². The molecule has 1 atom stereocenters. The van der Waals surface area contributed by atoms with Gasteiger partial charge in [0.1, 0.15) is 18.1 Å². The maximum Gasteiger partial charge on any atom is 0.291 e. The summed E-state index contributed by atoms with van der Waals surface area (Å²) in [5, 5.41) is 16.6. The smallest absolute Gasteiger partial charge is 0.291 e. The SMILES string of the molecule is Cc1c([N+](=O)[O-])cnc(NC2CCCNC2=O)c1Br. The van der Waals surface area contributed by atoms with Gasteiger partial charge in [0.25, 0.3) is 5.69 Å². The Hall–Kier alpha value is -1.70. The molecule has 2 N–H and O–H groups in total. The number of piperidine rings is 1. The van der Waals surface area contributed by atoms with E-state index >= 15 is 0 Å². The van der Waals surface area contributed by atoms with E-state index in [1.165, 1.54) is 6.20 Å². The van der Waals surface area contributed by atoms with Gasteiger partial charge in [-0.15, -0.1) is 0 Å². The maximum absolute atomic E-state index is 11.6. The first-order valence-corrected chi connectivity index (χ1v) is 6.63. The van der Waals surface area contributed by atoms with Crippen molar-refractivity contribution < 1.29 is 9.72 Å². The molecule has 1 fully saturated rings. The summed E-state index contributed by atoms with van der Waals surface area (Å²) in [6, 6.07) is -0.349. The van der Waals surface area contributed by atoms with Crippen LogP contribution in [0.25, 0.3) is 0 Å². The molecular formula is C11H13BrN4O3. The van der Waals surface area contributed by atoms with Gasteiger partial charge in [-0.25, -0.2) is 4.98 Å². The van der Waals surface area contributed by atoms with Crippen molar-refractivity contribution in [2.75, 3.05) is 11.9 Å². The van der Waals surface area contributed by atoms with E-state index in [1.807, 2.05) is 0 Å². The maximum atomic E-state index is 11.6. The van der Waals surface area contributed by atoms with Crippen LogP contribution >= 0.6 is 15.9 Å². The van der Waals surface area contributed by atoms with Crippen LogP contribution in [0.1, 0.15) is 18.4 Å². The highest BCUT2D eigenvalue weighted by molar-refractivity contribution is 9.10. The summed E-state index contributed by atoms with van der Waals surface area (Å²) in [6.07, 6.45) is 2.81. The summed E-state index contributed by atoms with van der Waals surface area (Å²) in [5.41, 5.74) is 0.434. The molecule has 8 heteroatoms. The highest BCUT2D eigenvalue weighted by atomic mass is 79.9. The van der Waals surface area contributed by atoms with Crippen LogP contribution in [0.4, 0.5) is 11.5 Å². The van der Waals surface area contributed by atoms with Crippen LogP contribution in [0.2, 0.25) is 0 Å². The van der Waals surface area contributed by atoms with Crippen molar-refractivity contribution >= 4 is 33.3 Å². The van der Waals surface area contributed by atoms with Crippen LogP contribution in [0.5, 0.6) is 0 Å². The van der Waals surface area contributed by atoms with Crippen molar-refractivity contribution in [1.82, 2.24) is 10.3 Å². The lowest BCUT2D eigenvalue weighted by Crippen LogP contribution is -2.44. The minimum Gasteiger partial charge on any atom is -0.357 e. The van der Waals surface area contributed by atoms with Gasteiger partial charge in [-0.3, -0.25) is 14.9 Å². The molecule has 0 bridgehead atoms. The lowest BCUT2D eigenvalue weighted by Gasteiger charge is -2.23. The predicted molar refractivity (Wildman–Crippen MR) is 73.0 cm³/mol. The average molecular weight is 329 g/mol. The zero-order valence-corrected chi connectivity index (χ0v) is 11.9. The predicted octanol–water partition coefficient (Wildman–Crippen LogP) is 1.75. The van der Waals surface area contributed by atoms with E-state index in [9.17, 15) is 14.9 Å². The Morgan fingerprint density at radius 3 is 3.00 bits per heavy atom. The number of nitrogens with one attached hydrogen (secondary N) is 2. The summed E-state index contributed by atoms with van der Waals surface area (Å²) >= 11 is 3.28. The third-order valence-corrected chi connectivity index (χ3v) is 4.00. The topological polar surface area (TPSA) is 97.2 Å². The van der Waals surface area contributed by atoms with Crippen molar-refractivity contribution in [3.05, 3.63) is 26.3 Å². The molecule has 0 aromatic carbocycles. The summed E-state index contributed by atoms with van der Waals surface area (Å²) in [6.45, 7) is 2.32. The van der Waals surface area contributed by atoms with Crippen molar-refractivity contribution in [3.63, 3.8) is 0 Å². The van der Waals surface area contributed by atoms with Gasteiger partial charge in [0, 0.05) is 12.1 Å². The lowest BCUT2D eigenvalue weighted by atomic mass is 10.1. The van der Waals surface area contributed by atoms with Crippen LogP contribution in [-0.2, 0) is 4.79 Å². The molecule has 1 aromatic rings. The highest BCUT2D eigenvalue weighted by Crippen LogP contribution is 2.31. The van der Waals surface area contributed by atoms with E-state index in [2.05, 4.69) is 31.5 Å². The van der Waals surface area contributed by atoms with Gasteiger partial charge in [0.15, 0.2) is 0 Å². The number of aromatic nitrogens is 1. The van der Waals surface area contributed by atoms with Gasteiger partial charge in [-0.2, -0.15) is 0 Å². The molecular weight excluding hydrogens is 316 g/mol. The molecule has 1 unspecified atom stereocenters. The number of nitrogens with zero attached hydrogens (tertiary/aromatic N) is 2. The van der Waals surface area contributed by atoms with Gasteiger partial charge in [-0.05, 0) is 35.7 Å². The standard InChI is InChI=1S/C11H13BrN4O3/c1-6-8(16(18)19)5-14-10(9(6)12)15-7-3-2-4-13-11(7)17/h5,7H,2-4H2,1H3,(H,13,17)(H,14,15). The van der Waals surface area contributed by atoms with Gasteiger partial charge >= 0.3 is 0 Å². The summed E-state index contributed by atoms with van der Waals surface area (Å²) < 4.78 is 0.514. The van der Waals surface area contributed by atoms with E-state index in [0.29, 0.717) is 22.4 Å². The number of pyridine rings is 1. The number of halogens is 1. The molecule has 102 valence electrons. The first-order valence-electron chi connectivity index (χ1n) is 5.84. The van der Waals surface area contributed by atoms with Gasteiger partial charge in [-0.1, -0.05) is 0 Å². The largest absolute Gasteiger partial charge is 0.357 e. The Labute approximate surface area is 118 Å². The van der Waals surface area contributed by atoms with Crippen LogP contribution < -0.4 is 10.6 Å². The first kappa shape index (κ1) is 13.7. The number of hydrogen-bond donors (Lipinski definition) is 2. The Kier molecular flexibility index (Phi) is 3.98. The molecule has 2 heterocycles. The molecule has 19 heavy (non-hydrogen) atoms. The van der Waals surface area contributed by atoms with E-state index in [0.717, 1.165) is 12.8 Å². The second-order valence-corrected chi connectivity index (χ2v) is 5.11. The van der Waals surface area contributed by atoms with Gasteiger partial charge in [0.2, 0.25) is 5.91 Å². The molecule has 0 radical (unpaired) electrons. The number of carbonyl (C=O) groups excluding carboxylic acids is 1. The third-order valence-electron chi connectivity index (χ3n) is 3.03. The number of anilines is 1. The van der Waals surface area contributed by atoms with Crippen LogP contribution in [-0.4, -0.2) is 28.4 Å². The molecule has 1 saturated heterocycles. The molecule has 1 amide bonds. The molecule has 0 saturated carbocycles. The number of rotatable bonds is 3. The zero-order valence-electron chi connectivity index (χ0n) is 10.3. The Bertz CT molecular complexity index is 535. The van der Waals surface area contributed by atoms with Gasteiger partial charge < -0.3 is 10.6 Å². The molecule has 1 aliphatic heterocycles. The molecule has 0 aliphatic carbocycles. The lowest BCUT2D eigenvalue weighted by molar-refractivity contribution is -0.385. The van der Waals surface area contributed by atoms with Crippen molar-refractivity contribution in [2.24, 2.45) is 0 Å². The number of hydrogen-bond acceptors (Lipinski definition) is 5. The van der Waals surface area contributed by atoms with Crippen molar-refractivity contribution in [1.29, 1.82) is 0 Å². The second kappa shape index (κ2) is 5.52. The summed E-state index contributed by atoms with van der Waals surface area (Å²) in [4.78, 5) is 26.0. The number of nitro groups is 1. The average Bonchev–Trinajstić information content (AvgIpc) is 2.37. The summed E-state index contributed by atoms with van der Waals surface area (Å²) in [5.74, 6) is 0.376. The molecule has 7 nitrogen and oxygen atoms in total. The molecule has 1 aromatic heterocycles. The third kappa shape index (κ3) is 2.83. The van der Waals surface area contributed by atoms with Crippen LogP contribution in [0.3, 0.4) is 0 Å². The fourth-order valence-corrected chi connectivity index (χ4v) is 2.35. The normalized spacial score (nSPS) is 18.8. The van der Waals surface area contributed by atoms with E-state index in [4.69, 9.17) is 0 Å². The number of amides is 1. The Morgan fingerprint density at radius 2 is 2.37 bits per heavy atom. The minimum atomic E-state index is -0.482. The quantitative estimate of drug-likeness (QED) is 0.650. The summed E-state index contributed by atoms with van der Waals surface area (Å²) in [7, 11) is 0. The number of carbonyl (C=O) groups is 1. The zero-order chi connectivity index (χ0) is 14.0. The Morgan fingerprint density at radius 1 is 1.63 bits per heavy atom. The minimum absolute atomic E-state index is 0.0504. The second-order valence-electron chi connectivity index (χ2n) is 4.32. The fourth-order valence-electron chi connectivity index (χ4n) is 1.93. The molecule has 0 spiro atoms. The first-order chi connectivity index (χ1) is 9.00. The van der Waals surface area contributed by atoms with E-state index in [1.54, 1.807) is 6.92 Å². The monoisotopic (exact) mass is 328 g/mol. The van der Waals surface area contributed by atoms with Crippen molar-refractivity contribution in [2.45, 2.75) is 25.8 Å². The van der Waals surface area contributed by atoms with Crippen molar-refractivity contribution in [3.8, 4) is 0 Å². The molecule has 2 rings (SSSR count). The van der Waals surface area contributed by atoms with Crippen LogP contribution in [0.15, 0.2) is 10.7 Å². The van der Waals surface area contributed by atoms with Crippen LogP contribution in [0, 0.1) is 17.0 Å². The fraction of sp³-hybridized carbons (Fsp3) is 0.455. The highest BCUT2D eigenvalue weighted by Gasteiger charge is 2.24. The molecule has 1 aliphatic rings. The van der Waals surface area contributed by atoms with E-state index < -0.39 is 4.92 Å². The van der Waals surface area contributed by atoms with E-state index in [-0.39, 0.29) is 17.6 Å².